The molecule has 0 aliphatic heterocycles. The fourth-order valence-electron chi connectivity index (χ4n) is 3.95. The summed E-state index contributed by atoms with van der Waals surface area (Å²) in [5.41, 5.74) is 4.32. The summed E-state index contributed by atoms with van der Waals surface area (Å²) in [6.45, 7) is 1.71. The molecule has 0 radical (unpaired) electrons. The summed E-state index contributed by atoms with van der Waals surface area (Å²) < 4.78 is 20.2. The van der Waals surface area contributed by atoms with Gasteiger partial charge in [0.15, 0.2) is 5.69 Å². The third-order valence-corrected chi connectivity index (χ3v) is 5.41. The molecule has 2 aromatic heterocycles. The van der Waals surface area contributed by atoms with Gasteiger partial charge in [-0.25, -0.2) is 9.07 Å². The van der Waals surface area contributed by atoms with Crippen LogP contribution in [0, 0.1) is 12.7 Å². The number of anilines is 1. The van der Waals surface area contributed by atoms with E-state index < -0.39 is 0 Å². The highest BCUT2D eigenvalue weighted by molar-refractivity contribution is 6.06. The molecule has 156 valence electrons. The average Bonchev–Trinajstić information content (AvgIpc) is 3.39. The van der Waals surface area contributed by atoms with E-state index in [1.54, 1.807) is 29.8 Å². The van der Waals surface area contributed by atoms with Crippen LogP contribution < -0.4 is 5.32 Å². The van der Waals surface area contributed by atoms with Crippen LogP contribution in [-0.2, 0) is 12.8 Å². The van der Waals surface area contributed by atoms with E-state index in [0.717, 1.165) is 42.6 Å². The molecule has 1 aliphatic carbocycles. The average molecular weight is 417 g/mol. The second kappa shape index (κ2) is 7.79. The van der Waals surface area contributed by atoms with Crippen LogP contribution in [0.15, 0.2) is 53.1 Å². The van der Waals surface area contributed by atoms with Gasteiger partial charge >= 0.3 is 0 Å². The summed E-state index contributed by atoms with van der Waals surface area (Å²) >= 11 is 0. The normalized spacial score (nSPS) is 13.1. The minimum atomic E-state index is -0.309. The van der Waals surface area contributed by atoms with E-state index in [9.17, 15) is 9.18 Å². The second-order valence-corrected chi connectivity index (χ2v) is 7.51. The first-order valence-corrected chi connectivity index (χ1v) is 10.2. The van der Waals surface area contributed by atoms with E-state index in [1.807, 2.05) is 18.2 Å². The number of nitrogens with zero attached hydrogens (tertiary/aromatic N) is 4. The molecule has 2 heterocycles. The summed E-state index contributed by atoms with van der Waals surface area (Å²) in [5.74, 6) is 0.248. The topological polar surface area (TPSA) is 85.8 Å². The van der Waals surface area contributed by atoms with Crippen molar-refractivity contribution in [3.05, 3.63) is 77.2 Å². The number of nitrogens with one attached hydrogen (secondary N) is 1. The fourth-order valence-corrected chi connectivity index (χ4v) is 3.95. The van der Waals surface area contributed by atoms with Gasteiger partial charge in [-0.2, -0.15) is 10.1 Å². The number of aryl methyl sites for hydroxylation is 1. The Hall–Kier alpha value is -3.81. The third-order valence-electron chi connectivity index (χ3n) is 5.41. The monoisotopic (exact) mass is 417 g/mol. The molecule has 1 amide bonds. The van der Waals surface area contributed by atoms with E-state index >= 15 is 0 Å². The lowest BCUT2D eigenvalue weighted by Crippen LogP contribution is -2.16. The van der Waals surface area contributed by atoms with Crippen molar-refractivity contribution in [1.82, 2.24) is 19.9 Å². The second-order valence-electron chi connectivity index (χ2n) is 7.51. The van der Waals surface area contributed by atoms with Crippen molar-refractivity contribution in [3.8, 4) is 17.1 Å². The highest BCUT2D eigenvalue weighted by atomic mass is 19.1. The van der Waals surface area contributed by atoms with Gasteiger partial charge in [0.25, 0.3) is 5.91 Å². The molecule has 31 heavy (non-hydrogen) atoms. The van der Waals surface area contributed by atoms with Crippen LogP contribution >= 0.6 is 0 Å². The number of amides is 1. The standard InChI is InChI=1S/C23H20FN5O2/c1-14-25-22(28-31-14)17-6-2-4-8-19(17)26-23(30)21-18-7-3-5-9-20(18)29(27-21)16-12-10-15(24)11-13-16/h2,4,6,8,10-13H,3,5,7,9H2,1H3,(H,26,30). The molecule has 0 atom stereocenters. The number of para-hydroxylation sites is 1. The van der Waals surface area contributed by atoms with Crippen LogP contribution in [0.3, 0.4) is 0 Å². The summed E-state index contributed by atoms with van der Waals surface area (Å²) in [6, 6.07) is 13.4. The summed E-state index contributed by atoms with van der Waals surface area (Å²) in [5, 5.41) is 11.5. The lowest BCUT2D eigenvalue weighted by molar-refractivity contribution is 0.102. The van der Waals surface area contributed by atoms with E-state index in [0.29, 0.717) is 28.7 Å². The summed E-state index contributed by atoms with van der Waals surface area (Å²) in [6.07, 6.45) is 3.64. The molecule has 0 saturated carbocycles. The van der Waals surface area contributed by atoms with Gasteiger partial charge in [0, 0.05) is 23.7 Å². The quantitative estimate of drug-likeness (QED) is 0.528. The molecule has 0 saturated heterocycles. The van der Waals surface area contributed by atoms with Crippen molar-refractivity contribution in [1.29, 1.82) is 0 Å². The van der Waals surface area contributed by atoms with Crippen LogP contribution in [0.4, 0.5) is 10.1 Å². The van der Waals surface area contributed by atoms with Crippen molar-refractivity contribution in [3.63, 3.8) is 0 Å². The number of carbonyl (C=O) groups excluding carboxylic acids is 1. The van der Waals surface area contributed by atoms with E-state index in [-0.39, 0.29) is 11.7 Å². The van der Waals surface area contributed by atoms with E-state index in [4.69, 9.17) is 4.52 Å². The maximum atomic E-state index is 13.4. The van der Waals surface area contributed by atoms with Crippen molar-refractivity contribution in [2.75, 3.05) is 5.32 Å². The molecule has 8 heteroatoms. The molecule has 1 aliphatic rings. The maximum Gasteiger partial charge on any atom is 0.276 e. The number of fused-ring (bicyclic) bond motifs is 1. The highest BCUT2D eigenvalue weighted by Gasteiger charge is 2.26. The maximum absolute atomic E-state index is 13.4. The van der Waals surface area contributed by atoms with Crippen LogP contribution in [-0.4, -0.2) is 25.8 Å². The Morgan fingerprint density at radius 2 is 1.87 bits per heavy atom. The fraction of sp³-hybridized carbons (Fsp3) is 0.217. The van der Waals surface area contributed by atoms with Gasteiger partial charge in [0.1, 0.15) is 5.82 Å². The Labute approximate surface area is 177 Å². The zero-order valence-electron chi connectivity index (χ0n) is 16.9. The van der Waals surface area contributed by atoms with Crippen molar-refractivity contribution in [2.24, 2.45) is 0 Å². The van der Waals surface area contributed by atoms with Gasteiger partial charge in [-0.3, -0.25) is 4.79 Å². The summed E-state index contributed by atoms with van der Waals surface area (Å²) in [4.78, 5) is 17.5. The number of benzene rings is 2. The first-order valence-electron chi connectivity index (χ1n) is 10.2. The van der Waals surface area contributed by atoms with Gasteiger partial charge in [-0.15, -0.1) is 0 Å². The molecule has 0 unspecified atom stereocenters. The zero-order chi connectivity index (χ0) is 21.4. The predicted molar refractivity (Wildman–Crippen MR) is 113 cm³/mol. The first kappa shape index (κ1) is 19.2. The van der Waals surface area contributed by atoms with Gasteiger partial charge in [0.2, 0.25) is 11.7 Å². The van der Waals surface area contributed by atoms with Crippen LogP contribution in [0.5, 0.6) is 0 Å². The molecule has 0 bridgehead atoms. The number of halogens is 1. The third kappa shape index (κ3) is 3.61. The largest absolute Gasteiger partial charge is 0.339 e. The van der Waals surface area contributed by atoms with Gasteiger partial charge in [0.05, 0.1) is 11.4 Å². The molecule has 1 N–H and O–H groups in total. The lowest BCUT2D eigenvalue weighted by atomic mass is 9.95. The zero-order valence-corrected chi connectivity index (χ0v) is 16.9. The van der Waals surface area contributed by atoms with E-state index in [2.05, 4.69) is 20.6 Å². The van der Waals surface area contributed by atoms with Crippen LogP contribution in [0.1, 0.15) is 40.5 Å². The SMILES string of the molecule is Cc1nc(-c2ccccc2NC(=O)c2nn(-c3ccc(F)cc3)c3c2CCCC3)no1. The smallest absolute Gasteiger partial charge is 0.276 e. The minimum absolute atomic E-state index is 0.299. The molecule has 5 rings (SSSR count). The Morgan fingerprint density at radius 1 is 1.10 bits per heavy atom. The Balaban J connectivity index is 1.52. The molecule has 0 fully saturated rings. The van der Waals surface area contributed by atoms with Gasteiger partial charge in [-0.05, 0) is 62.1 Å². The van der Waals surface area contributed by atoms with Crippen molar-refractivity contribution in [2.45, 2.75) is 32.6 Å². The van der Waals surface area contributed by atoms with Gasteiger partial charge in [-0.1, -0.05) is 17.3 Å². The predicted octanol–water partition coefficient (Wildman–Crippen LogP) is 4.50. The van der Waals surface area contributed by atoms with E-state index in [1.165, 1.54) is 12.1 Å². The Morgan fingerprint density at radius 3 is 2.65 bits per heavy atom. The van der Waals surface area contributed by atoms with Gasteiger partial charge < -0.3 is 9.84 Å². The number of carbonyl (C=O) groups is 1. The number of aromatic nitrogens is 4. The molecule has 2 aromatic carbocycles. The van der Waals surface area contributed by atoms with Crippen molar-refractivity contribution >= 4 is 11.6 Å². The number of rotatable bonds is 4. The number of hydrogen-bond acceptors (Lipinski definition) is 5. The van der Waals surface area contributed by atoms with Crippen molar-refractivity contribution < 1.29 is 13.7 Å². The van der Waals surface area contributed by atoms with Crippen LogP contribution in [0.25, 0.3) is 17.1 Å². The Kier molecular flexibility index (Phi) is 4.82. The molecular weight excluding hydrogens is 397 g/mol. The molecule has 4 aromatic rings. The Bertz CT molecular complexity index is 1260. The highest BCUT2D eigenvalue weighted by Crippen LogP contribution is 2.29. The first-order chi connectivity index (χ1) is 15.1. The van der Waals surface area contributed by atoms with Crippen LogP contribution in [0.2, 0.25) is 0 Å². The molecule has 0 spiro atoms. The summed E-state index contributed by atoms with van der Waals surface area (Å²) in [7, 11) is 0. The lowest BCUT2D eigenvalue weighted by Gasteiger charge is -2.14. The molecule has 7 nitrogen and oxygen atoms in total. The molecular formula is C23H20FN5O2. The number of hydrogen-bond donors (Lipinski definition) is 1. The minimum Gasteiger partial charge on any atom is -0.339 e.